The second-order valence-corrected chi connectivity index (χ2v) is 5.67. The quantitative estimate of drug-likeness (QED) is 0.814. The van der Waals surface area contributed by atoms with Crippen LogP contribution in [0.4, 0.5) is 0 Å². The van der Waals surface area contributed by atoms with Gasteiger partial charge in [0.05, 0.1) is 11.1 Å². The summed E-state index contributed by atoms with van der Waals surface area (Å²) in [6.45, 7) is 0.600. The number of benzene rings is 2. The molecule has 0 radical (unpaired) electrons. The van der Waals surface area contributed by atoms with Gasteiger partial charge in [-0.05, 0) is 35.7 Å². The first-order chi connectivity index (χ1) is 10.7. The molecule has 5 nitrogen and oxygen atoms in total. The lowest BCUT2D eigenvalue weighted by Gasteiger charge is -2.28. The monoisotopic (exact) mass is 294 g/mol. The minimum absolute atomic E-state index is 0.245. The van der Waals surface area contributed by atoms with Crippen LogP contribution in [0.25, 0.3) is 10.8 Å². The van der Waals surface area contributed by atoms with Crippen LogP contribution in [0.2, 0.25) is 0 Å². The SMILES string of the molecule is O=C1NCCC[C@H]1N1C(=O)c2cc3ccccc3cc2C1=O. The smallest absolute Gasteiger partial charge is 0.262 e. The van der Waals surface area contributed by atoms with Crippen LogP contribution in [-0.4, -0.2) is 35.2 Å². The van der Waals surface area contributed by atoms with Crippen molar-refractivity contribution < 1.29 is 14.4 Å². The van der Waals surface area contributed by atoms with E-state index in [-0.39, 0.29) is 17.7 Å². The van der Waals surface area contributed by atoms with Gasteiger partial charge in [-0.15, -0.1) is 0 Å². The lowest BCUT2D eigenvalue weighted by atomic mass is 10.0. The molecule has 1 N–H and O–H groups in total. The molecule has 0 spiro atoms. The van der Waals surface area contributed by atoms with Crippen molar-refractivity contribution >= 4 is 28.5 Å². The number of rotatable bonds is 1. The van der Waals surface area contributed by atoms with E-state index in [0.29, 0.717) is 24.1 Å². The number of nitrogens with zero attached hydrogens (tertiary/aromatic N) is 1. The maximum Gasteiger partial charge on any atom is 0.262 e. The summed E-state index contributed by atoms with van der Waals surface area (Å²) in [7, 11) is 0. The molecule has 22 heavy (non-hydrogen) atoms. The molecule has 0 saturated carbocycles. The number of amides is 3. The number of imide groups is 1. The first kappa shape index (κ1) is 13.0. The fourth-order valence-electron chi connectivity index (χ4n) is 3.23. The van der Waals surface area contributed by atoms with Crippen LogP contribution in [0.3, 0.4) is 0 Å². The summed E-state index contributed by atoms with van der Waals surface area (Å²) in [6, 6.07) is 10.4. The van der Waals surface area contributed by atoms with Gasteiger partial charge in [0.15, 0.2) is 0 Å². The lowest BCUT2D eigenvalue weighted by Crippen LogP contribution is -2.52. The van der Waals surface area contributed by atoms with Gasteiger partial charge in [-0.25, -0.2) is 0 Å². The molecule has 4 rings (SSSR count). The van der Waals surface area contributed by atoms with Crippen molar-refractivity contribution in [2.45, 2.75) is 18.9 Å². The van der Waals surface area contributed by atoms with Crippen LogP contribution in [0, 0.1) is 0 Å². The summed E-state index contributed by atoms with van der Waals surface area (Å²) in [5.74, 6) is -0.981. The van der Waals surface area contributed by atoms with Crippen molar-refractivity contribution in [3.63, 3.8) is 0 Å². The summed E-state index contributed by atoms with van der Waals surface area (Å²) in [4.78, 5) is 38.4. The van der Waals surface area contributed by atoms with Crippen molar-refractivity contribution in [2.75, 3.05) is 6.54 Å². The average Bonchev–Trinajstić information content (AvgIpc) is 2.77. The molecule has 1 atom stereocenters. The zero-order chi connectivity index (χ0) is 15.3. The Morgan fingerprint density at radius 2 is 1.55 bits per heavy atom. The van der Waals surface area contributed by atoms with Gasteiger partial charge in [-0.2, -0.15) is 0 Å². The highest BCUT2D eigenvalue weighted by molar-refractivity contribution is 6.24. The van der Waals surface area contributed by atoms with E-state index in [1.54, 1.807) is 12.1 Å². The van der Waals surface area contributed by atoms with E-state index < -0.39 is 6.04 Å². The zero-order valence-electron chi connectivity index (χ0n) is 11.8. The van der Waals surface area contributed by atoms with E-state index in [4.69, 9.17) is 0 Å². The number of fused-ring (bicyclic) bond motifs is 2. The Kier molecular flexibility index (Phi) is 2.76. The van der Waals surface area contributed by atoms with Gasteiger partial charge in [0.25, 0.3) is 11.8 Å². The van der Waals surface area contributed by atoms with Gasteiger partial charge in [-0.3, -0.25) is 19.3 Å². The van der Waals surface area contributed by atoms with E-state index in [1.807, 2.05) is 24.3 Å². The van der Waals surface area contributed by atoms with E-state index in [9.17, 15) is 14.4 Å². The summed E-state index contributed by atoms with van der Waals surface area (Å²) in [5, 5.41) is 4.55. The second kappa shape index (κ2) is 4.66. The molecule has 0 bridgehead atoms. The van der Waals surface area contributed by atoms with Crippen LogP contribution < -0.4 is 5.32 Å². The molecular weight excluding hydrogens is 280 g/mol. The van der Waals surface area contributed by atoms with Crippen LogP contribution in [0.5, 0.6) is 0 Å². The Balaban J connectivity index is 1.82. The minimum atomic E-state index is -0.690. The van der Waals surface area contributed by atoms with E-state index in [0.717, 1.165) is 22.1 Å². The minimum Gasteiger partial charge on any atom is -0.354 e. The number of piperidine rings is 1. The third kappa shape index (κ3) is 1.75. The van der Waals surface area contributed by atoms with Crippen molar-refractivity contribution in [3.8, 4) is 0 Å². The Hall–Kier alpha value is -2.69. The highest BCUT2D eigenvalue weighted by Crippen LogP contribution is 2.30. The Morgan fingerprint density at radius 1 is 0.955 bits per heavy atom. The first-order valence-electron chi connectivity index (χ1n) is 7.35. The molecule has 2 heterocycles. The van der Waals surface area contributed by atoms with Gasteiger partial charge in [0.1, 0.15) is 6.04 Å². The maximum absolute atomic E-state index is 12.6. The summed E-state index contributed by atoms with van der Waals surface area (Å²) < 4.78 is 0. The van der Waals surface area contributed by atoms with Crippen LogP contribution >= 0.6 is 0 Å². The number of carbonyl (C=O) groups is 3. The van der Waals surface area contributed by atoms with Crippen molar-refractivity contribution in [2.24, 2.45) is 0 Å². The van der Waals surface area contributed by atoms with Crippen LogP contribution in [0.15, 0.2) is 36.4 Å². The Labute approximate surface area is 126 Å². The fourth-order valence-corrected chi connectivity index (χ4v) is 3.23. The number of hydrogen-bond donors (Lipinski definition) is 1. The van der Waals surface area contributed by atoms with Crippen LogP contribution in [0.1, 0.15) is 33.6 Å². The largest absolute Gasteiger partial charge is 0.354 e. The average molecular weight is 294 g/mol. The predicted molar refractivity (Wildman–Crippen MR) is 80.5 cm³/mol. The standard InChI is InChI=1S/C17H14N2O3/c20-15-14(6-3-7-18-15)19-16(21)12-8-10-4-1-2-5-11(10)9-13(12)17(19)22/h1-2,4-5,8-9,14H,3,6-7H2,(H,18,20)/t14-/m1/s1. The molecule has 0 aliphatic carbocycles. The third-order valence-corrected chi connectivity index (χ3v) is 4.35. The molecule has 5 heteroatoms. The van der Waals surface area contributed by atoms with Gasteiger partial charge in [0, 0.05) is 6.54 Å². The fraction of sp³-hybridized carbons (Fsp3) is 0.235. The summed E-state index contributed by atoms with van der Waals surface area (Å²) in [5.41, 5.74) is 0.782. The third-order valence-electron chi connectivity index (χ3n) is 4.35. The molecular formula is C17H14N2O3. The van der Waals surface area contributed by atoms with E-state index in [2.05, 4.69) is 5.32 Å². The Bertz CT molecular complexity index is 773. The van der Waals surface area contributed by atoms with Crippen molar-refractivity contribution in [1.29, 1.82) is 0 Å². The van der Waals surface area contributed by atoms with Gasteiger partial charge < -0.3 is 5.32 Å². The molecule has 2 aromatic carbocycles. The summed E-state index contributed by atoms with van der Waals surface area (Å²) >= 11 is 0. The molecule has 110 valence electrons. The highest BCUT2D eigenvalue weighted by atomic mass is 16.2. The molecule has 2 aliphatic rings. The summed E-state index contributed by atoms with van der Waals surface area (Å²) in [6.07, 6.45) is 1.29. The number of carbonyl (C=O) groups excluding carboxylic acids is 3. The first-order valence-corrected chi connectivity index (χ1v) is 7.35. The molecule has 0 unspecified atom stereocenters. The van der Waals surface area contributed by atoms with Crippen molar-refractivity contribution in [1.82, 2.24) is 10.2 Å². The van der Waals surface area contributed by atoms with Crippen LogP contribution in [-0.2, 0) is 4.79 Å². The molecule has 2 aromatic rings. The second-order valence-electron chi connectivity index (χ2n) is 5.67. The van der Waals surface area contributed by atoms with Gasteiger partial charge in [0.2, 0.25) is 5.91 Å². The van der Waals surface area contributed by atoms with E-state index in [1.165, 1.54) is 0 Å². The number of nitrogens with one attached hydrogen (secondary N) is 1. The molecule has 3 amide bonds. The molecule has 2 aliphatic heterocycles. The maximum atomic E-state index is 12.6. The molecule has 0 aromatic heterocycles. The zero-order valence-corrected chi connectivity index (χ0v) is 11.8. The highest BCUT2D eigenvalue weighted by Gasteiger charge is 2.43. The predicted octanol–water partition coefficient (Wildman–Crippen LogP) is 1.71. The van der Waals surface area contributed by atoms with E-state index >= 15 is 0 Å². The van der Waals surface area contributed by atoms with Gasteiger partial charge in [-0.1, -0.05) is 24.3 Å². The number of hydrogen-bond acceptors (Lipinski definition) is 3. The lowest BCUT2D eigenvalue weighted by molar-refractivity contribution is -0.126. The topological polar surface area (TPSA) is 66.5 Å². The normalized spacial score (nSPS) is 21.2. The van der Waals surface area contributed by atoms with Crippen molar-refractivity contribution in [3.05, 3.63) is 47.5 Å². The Morgan fingerprint density at radius 3 is 2.09 bits per heavy atom. The van der Waals surface area contributed by atoms with Gasteiger partial charge >= 0.3 is 0 Å². The molecule has 1 fully saturated rings. The molecule has 1 saturated heterocycles.